The highest BCUT2D eigenvalue weighted by Gasteiger charge is 2.36. The number of hydrogen-bond donors (Lipinski definition) is 2. The molecule has 1 aromatic heterocycles. The molecular weight excluding hydrogens is 258 g/mol. The molecule has 1 amide bonds. The van der Waals surface area contributed by atoms with Crippen molar-refractivity contribution in [3.63, 3.8) is 0 Å². The summed E-state index contributed by atoms with van der Waals surface area (Å²) < 4.78 is 1.89. The van der Waals surface area contributed by atoms with Crippen LogP contribution >= 0.6 is 0 Å². The highest BCUT2D eigenvalue weighted by atomic mass is 16.4. The van der Waals surface area contributed by atoms with E-state index in [4.69, 9.17) is 0 Å². The number of aryl methyl sites for hydroxylation is 1. The molecule has 1 heterocycles. The molecular formula is C14H23N3O3. The van der Waals surface area contributed by atoms with Gasteiger partial charge in [0.25, 0.3) is 0 Å². The first-order valence-corrected chi connectivity index (χ1v) is 6.91. The minimum Gasteiger partial charge on any atom is -0.481 e. The minimum absolute atomic E-state index is 0.0237. The van der Waals surface area contributed by atoms with Crippen molar-refractivity contribution in [3.8, 4) is 0 Å². The van der Waals surface area contributed by atoms with Crippen LogP contribution in [0.5, 0.6) is 0 Å². The smallest absolute Gasteiger partial charge is 0.310 e. The second-order valence-electron chi connectivity index (χ2n) is 5.02. The van der Waals surface area contributed by atoms with Crippen LogP contribution in [0.3, 0.4) is 0 Å². The van der Waals surface area contributed by atoms with Crippen molar-refractivity contribution in [3.05, 3.63) is 18.2 Å². The van der Waals surface area contributed by atoms with Crippen LogP contribution in [0.2, 0.25) is 0 Å². The summed E-state index contributed by atoms with van der Waals surface area (Å²) in [5, 5.41) is 12.1. The number of nitrogens with one attached hydrogen (secondary N) is 1. The van der Waals surface area contributed by atoms with E-state index < -0.39 is 11.4 Å². The third-order valence-corrected chi connectivity index (χ3v) is 3.90. The molecule has 6 nitrogen and oxygen atoms in total. The Kier molecular flexibility index (Phi) is 5.73. The monoisotopic (exact) mass is 281 g/mol. The number of carbonyl (C=O) groups excluding carboxylic acids is 1. The van der Waals surface area contributed by atoms with E-state index in [-0.39, 0.29) is 12.3 Å². The zero-order chi connectivity index (χ0) is 15.2. The van der Waals surface area contributed by atoms with Gasteiger partial charge in [0.05, 0.1) is 5.41 Å². The number of carboxylic acids is 1. The number of carbonyl (C=O) groups is 2. The van der Waals surface area contributed by atoms with Gasteiger partial charge < -0.3 is 15.0 Å². The quantitative estimate of drug-likeness (QED) is 0.753. The molecule has 0 aliphatic heterocycles. The van der Waals surface area contributed by atoms with Crippen molar-refractivity contribution in [1.29, 1.82) is 0 Å². The van der Waals surface area contributed by atoms with E-state index in [0.29, 0.717) is 25.8 Å². The predicted octanol–water partition coefficient (Wildman–Crippen LogP) is 1.36. The van der Waals surface area contributed by atoms with Gasteiger partial charge in [0.1, 0.15) is 5.82 Å². The van der Waals surface area contributed by atoms with E-state index in [1.165, 1.54) is 0 Å². The fourth-order valence-corrected chi connectivity index (χ4v) is 2.20. The van der Waals surface area contributed by atoms with Crippen molar-refractivity contribution in [2.24, 2.45) is 12.5 Å². The summed E-state index contributed by atoms with van der Waals surface area (Å²) in [6.45, 7) is 4.07. The number of amides is 1. The number of nitrogens with zero attached hydrogens (tertiary/aromatic N) is 2. The van der Waals surface area contributed by atoms with Crippen LogP contribution in [0.25, 0.3) is 0 Å². The van der Waals surface area contributed by atoms with Crippen molar-refractivity contribution in [2.75, 3.05) is 6.54 Å². The molecule has 1 rings (SSSR count). The maximum absolute atomic E-state index is 11.9. The number of carboxylic acid groups (broad SMARTS) is 1. The van der Waals surface area contributed by atoms with Gasteiger partial charge in [-0.25, -0.2) is 4.98 Å². The lowest BCUT2D eigenvalue weighted by Crippen LogP contribution is -2.37. The molecule has 0 aromatic carbocycles. The molecule has 0 aliphatic rings. The molecule has 0 saturated carbocycles. The second kappa shape index (κ2) is 7.07. The van der Waals surface area contributed by atoms with Gasteiger partial charge in [-0.1, -0.05) is 13.8 Å². The van der Waals surface area contributed by atoms with E-state index >= 15 is 0 Å². The SMILES string of the molecule is CCC(CC)(CC(=O)NCCc1nccn1C)C(=O)O. The molecule has 0 bridgehead atoms. The molecule has 0 spiro atoms. The summed E-state index contributed by atoms with van der Waals surface area (Å²) in [5.41, 5.74) is -0.951. The summed E-state index contributed by atoms with van der Waals surface area (Å²) in [6, 6.07) is 0. The van der Waals surface area contributed by atoms with Crippen LogP contribution in [0, 0.1) is 5.41 Å². The lowest BCUT2D eigenvalue weighted by Gasteiger charge is -2.25. The van der Waals surface area contributed by atoms with E-state index in [9.17, 15) is 14.7 Å². The molecule has 2 N–H and O–H groups in total. The van der Waals surface area contributed by atoms with E-state index in [2.05, 4.69) is 10.3 Å². The van der Waals surface area contributed by atoms with Crippen molar-refractivity contribution < 1.29 is 14.7 Å². The third kappa shape index (κ3) is 3.82. The lowest BCUT2D eigenvalue weighted by molar-refractivity contribution is -0.152. The zero-order valence-corrected chi connectivity index (χ0v) is 12.3. The summed E-state index contributed by atoms with van der Waals surface area (Å²) in [7, 11) is 1.90. The Morgan fingerprint density at radius 1 is 1.40 bits per heavy atom. The summed E-state index contributed by atoms with van der Waals surface area (Å²) in [4.78, 5) is 27.4. The normalized spacial score (nSPS) is 11.3. The number of aliphatic carboxylic acids is 1. The van der Waals surface area contributed by atoms with Gasteiger partial charge >= 0.3 is 5.97 Å². The van der Waals surface area contributed by atoms with Crippen LogP contribution < -0.4 is 5.32 Å². The number of aromatic nitrogens is 2. The van der Waals surface area contributed by atoms with Gasteiger partial charge in [-0.3, -0.25) is 9.59 Å². The first-order chi connectivity index (χ1) is 9.45. The molecule has 6 heteroatoms. The fraction of sp³-hybridized carbons (Fsp3) is 0.643. The van der Waals surface area contributed by atoms with E-state index in [1.54, 1.807) is 20.0 Å². The van der Waals surface area contributed by atoms with Crippen molar-refractivity contribution in [2.45, 2.75) is 39.5 Å². The Morgan fingerprint density at radius 3 is 2.50 bits per heavy atom. The fourth-order valence-electron chi connectivity index (χ4n) is 2.20. The Hall–Kier alpha value is -1.85. The Labute approximate surface area is 119 Å². The van der Waals surface area contributed by atoms with Gasteiger partial charge in [0.2, 0.25) is 5.91 Å². The van der Waals surface area contributed by atoms with Gasteiger partial charge in [-0.05, 0) is 12.8 Å². The molecule has 112 valence electrons. The minimum atomic E-state index is -0.951. The first-order valence-electron chi connectivity index (χ1n) is 6.91. The summed E-state index contributed by atoms with van der Waals surface area (Å²) >= 11 is 0. The summed E-state index contributed by atoms with van der Waals surface area (Å²) in [5.74, 6) is -0.229. The molecule has 0 atom stereocenters. The van der Waals surface area contributed by atoms with Gasteiger partial charge in [0, 0.05) is 38.8 Å². The van der Waals surface area contributed by atoms with E-state index in [1.807, 2.05) is 17.8 Å². The average molecular weight is 281 g/mol. The van der Waals surface area contributed by atoms with Crippen molar-refractivity contribution >= 4 is 11.9 Å². The first kappa shape index (κ1) is 16.2. The molecule has 0 radical (unpaired) electrons. The molecule has 0 fully saturated rings. The summed E-state index contributed by atoms with van der Waals surface area (Å²) in [6.07, 6.45) is 5.11. The maximum Gasteiger partial charge on any atom is 0.310 e. The highest BCUT2D eigenvalue weighted by molar-refractivity contribution is 5.84. The van der Waals surface area contributed by atoms with Crippen molar-refractivity contribution in [1.82, 2.24) is 14.9 Å². The van der Waals surface area contributed by atoms with Crippen LogP contribution in [-0.4, -0.2) is 33.1 Å². The topological polar surface area (TPSA) is 84.2 Å². The molecule has 0 saturated heterocycles. The van der Waals surface area contributed by atoms with Crippen LogP contribution in [-0.2, 0) is 23.1 Å². The third-order valence-electron chi connectivity index (χ3n) is 3.90. The molecule has 1 aromatic rings. The highest BCUT2D eigenvalue weighted by Crippen LogP contribution is 2.30. The zero-order valence-electron chi connectivity index (χ0n) is 12.3. The molecule has 0 unspecified atom stereocenters. The van der Waals surface area contributed by atoms with Crippen LogP contribution in [0.4, 0.5) is 0 Å². The van der Waals surface area contributed by atoms with Crippen LogP contribution in [0.15, 0.2) is 12.4 Å². The van der Waals surface area contributed by atoms with Gasteiger partial charge in [-0.15, -0.1) is 0 Å². The number of rotatable bonds is 8. The largest absolute Gasteiger partial charge is 0.481 e. The Balaban J connectivity index is 2.47. The average Bonchev–Trinajstić information content (AvgIpc) is 2.81. The predicted molar refractivity (Wildman–Crippen MR) is 75.2 cm³/mol. The molecule has 0 aliphatic carbocycles. The van der Waals surface area contributed by atoms with Crippen LogP contribution in [0.1, 0.15) is 38.9 Å². The van der Waals surface area contributed by atoms with E-state index in [0.717, 1.165) is 5.82 Å². The molecule has 20 heavy (non-hydrogen) atoms. The standard InChI is InChI=1S/C14H23N3O3/c1-4-14(5-2,13(19)20)10-12(18)16-7-6-11-15-8-9-17(11)3/h8-9H,4-7,10H2,1-3H3,(H,16,18)(H,19,20). The second-order valence-corrected chi connectivity index (χ2v) is 5.02. The number of imidazole rings is 1. The Bertz CT molecular complexity index is 464. The number of hydrogen-bond acceptors (Lipinski definition) is 3. The van der Waals surface area contributed by atoms with Gasteiger partial charge in [0.15, 0.2) is 0 Å². The maximum atomic E-state index is 11.9. The lowest BCUT2D eigenvalue weighted by atomic mass is 9.79. The van der Waals surface area contributed by atoms with Gasteiger partial charge in [-0.2, -0.15) is 0 Å². The Morgan fingerprint density at radius 2 is 2.05 bits per heavy atom.